The number of rotatable bonds is 4. The number of hydrogen-bond donors (Lipinski definition) is 2. The highest BCUT2D eigenvalue weighted by molar-refractivity contribution is 5.33. The first-order valence-electron chi connectivity index (χ1n) is 6.96. The zero-order valence-electron chi connectivity index (χ0n) is 12.1. The number of nitrogens with two attached hydrogens (primary N) is 1. The Bertz CT molecular complexity index is 427. The smallest absolute Gasteiger partial charge is 0.223 e. The van der Waals surface area contributed by atoms with Crippen molar-refractivity contribution in [3.63, 3.8) is 0 Å². The Kier molecular flexibility index (Phi) is 4.37. The predicted molar refractivity (Wildman–Crippen MR) is 76.3 cm³/mol. The van der Waals surface area contributed by atoms with E-state index in [9.17, 15) is 0 Å². The predicted octanol–water partition coefficient (Wildman–Crippen LogP) is 1.83. The maximum absolute atomic E-state index is 5.95. The highest BCUT2D eigenvalue weighted by Gasteiger charge is 2.32. The van der Waals surface area contributed by atoms with Crippen LogP contribution >= 0.6 is 0 Å². The van der Waals surface area contributed by atoms with Crippen LogP contribution < -0.4 is 11.1 Å². The molecule has 1 saturated heterocycles. The Hall–Kier alpha value is -1.20. The third-order valence-electron chi connectivity index (χ3n) is 3.68. The van der Waals surface area contributed by atoms with Crippen LogP contribution in [-0.4, -0.2) is 35.3 Å². The van der Waals surface area contributed by atoms with Crippen LogP contribution in [0.2, 0.25) is 0 Å². The molecule has 5 heteroatoms. The molecule has 106 valence electrons. The SMILES string of the molecule is Cc1cc(C(C)C)nc(NC2(CN)CCOCC2)n1. The Morgan fingerprint density at radius 3 is 2.63 bits per heavy atom. The minimum atomic E-state index is -0.125. The van der Waals surface area contributed by atoms with Gasteiger partial charge in [-0.2, -0.15) is 0 Å². The van der Waals surface area contributed by atoms with Gasteiger partial charge in [-0.3, -0.25) is 0 Å². The Labute approximate surface area is 115 Å². The lowest BCUT2D eigenvalue weighted by molar-refractivity contribution is 0.0625. The van der Waals surface area contributed by atoms with Crippen molar-refractivity contribution in [1.82, 2.24) is 9.97 Å². The molecule has 0 saturated carbocycles. The molecule has 1 aromatic heterocycles. The van der Waals surface area contributed by atoms with Gasteiger partial charge in [-0.15, -0.1) is 0 Å². The third kappa shape index (κ3) is 3.42. The Morgan fingerprint density at radius 2 is 2.05 bits per heavy atom. The summed E-state index contributed by atoms with van der Waals surface area (Å²) in [6, 6.07) is 2.04. The second kappa shape index (κ2) is 5.84. The summed E-state index contributed by atoms with van der Waals surface area (Å²) in [5.74, 6) is 1.09. The van der Waals surface area contributed by atoms with E-state index in [-0.39, 0.29) is 5.54 Å². The molecule has 0 amide bonds. The molecule has 2 rings (SSSR count). The molecule has 1 aromatic rings. The molecule has 0 bridgehead atoms. The second-order valence-corrected chi connectivity index (χ2v) is 5.63. The largest absolute Gasteiger partial charge is 0.381 e. The van der Waals surface area contributed by atoms with Crippen LogP contribution in [0.15, 0.2) is 6.07 Å². The van der Waals surface area contributed by atoms with Crippen molar-refractivity contribution in [2.24, 2.45) is 5.73 Å². The molecule has 5 nitrogen and oxygen atoms in total. The van der Waals surface area contributed by atoms with E-state index in [2.05, 4.69) is 29.1 Å². The maximum Gasteiger partial charge on any atom is 0.223 e. The van der Waals surface area contributed by atoms with Crippen molar-refractivity contribution < 1.29 is 4.74 Å². The molecule has 1 fully saturated rings. The summed E-state index contributed by atoms with van der Waals surface area (Å²) in [6.07, 6.45) is 1.80. The van der Waals surface area contributed by atoms with Crippen molar-refractivity contribution in [1.29, 1.82) is 0 Å². The first kappa shape index (κ1) is 14.2. The van der Waals surface area contributed by atoms with Crippen molar-refractivity contribution in [3.8, 4) is 0 Å². The highest BCUT2D eigenvalue weighted by Crippen LogP contribution is 2.24. The van der Waals surface area contributed by atoms with Crippen LogP contribution in [0.5, 0.6) is 0 Å². The van der Waals surface area contributed by atoms with E-state index in [1.165, 1.54) is 0 Å². The van der Waals surface area contributed by atoms with Gasteiger partial charge in [0, 0.05) is 31.1 Å². The van der Waals surface area contributed by atoms with Crippen LogP contribution in [0, 0.1) is 6.92 Å². The van der Waals surface area contributed by atoms with Gasteiger partial charge < -0.3 is 15.8 Å². The number of anilines is 1. The zero-order chi connectivity index (χ0) is 13.9. The van der Waals surface area contributed by atoms with Gasteiger partial charge >= 0.3 is 0 Å². The summed E-state index contributed by atoms with van der Waals surface area (Å²) >= 11 is 0. The van der Waals surface area contributed by atoms with Crippen molar-refractivity contribution in [3.05, 3.63) is 17.5 Å². The molecule has 0 unspecified atom stereocenters. The second-order valence-electron chi connectivity index (χ2n) is 5.63. The van der Waals surface area contributed by atoms with E-state index in [4.69, 9.17) is 10.5 Å². The number of ether oxygens (including phenoxy) is 1. The first-order chi connectivity index (χ1) is 9.04. The molecule has 0 aromatic carbocycles. The molecule has 0 spiro atoms. The minimum absolute atomic E-state index is 0.125. The summed E-state index contributed by atoms with van der Waals surface area (Å²) in [5.41, 5.74) is 7.87. The minimum Gasteiger partial charge on any atom is -0.381 e. The molecule has 19 heavy (non-hydrogen) atoms. The van der Waals surface area contributed by atoms with Gasteiger partial charge in [-0.1, -0.05) is 13.8 Å². The average Bonchev–Trinajstić information content (AvgIpc) is 2.39. The first-order valence-corrected chi connectivity index (χ1v) is 6.96. The maximum atomic E-state index is 5.95. The summed E-state index contributed by atoms with van der Waals surface area (Å²) in [4.78, 5) is 9.09. The summed E-state index contributed by atoms with van der Waals surface area (Å²) in [7, 11) is 0. The average molecular weight is 264 g/mol. The normalized spacial score (nSPS) is 18.6. The van der Waals surface area contributed by atoms with Crippen molar-refractivity contribution in [2.75, 3.05) is 25.1 Å². The lowest BCUT2D eigenvalue weighted by Gasteiger charge is -2.37. The quantitative estimate of drug-likeness (QED) is 0.868. The van der Waals surface area contributed by atoms with Crippen LogP contribution in [-0.2, 0) is 4.74 Å². The van der Waals surface area contributed by atoms with E-state index in [1.54, 1.807) is 0 Å². The molecule has 1 aliphatic heterocycles. The Balaban J connectivity index is 2.21. The van der Waals surface area contributed by atoms with Gasteiger partial charge in [0.1, 0.15) is 0 Å². The number of nitrogens with zero attached hydrogens (tertiary/aromatic N) is 2. The number of nitrogens with one attached hydrogen (secondary N) is 1. The summed E-state index contributed by atoms with van der Waals surface area (Å²) in [6.45, 7) is 8.33. The van der Waals surface area contributed by atoms with Gasteiger partial charge in [0.15, 0.2) is 0 Å². The molecule has 1 aliphatic rings. The molecule has 0 atom stereocenters. The number of aryl methyl sites for hydroxylation is 1. The van der Waals surface area contributed by atoms with E-state index in [1.807, 2.05) is 13.0 Å². The zero-order valence-corrected chi connectivity index (χ0v) is 12.1. The molecule has 0 aliphatic carbocycles. The van der Waals surface area contributed by atoms with Crippen LogP contribution in [0.4, 0.5) is 5.95 Å². The fraction of sp³-hybridized carbons (Fsp3) is 0.714. The topological polar surface area (TPSA) is 73.1 Å². The summed E-state index contributed by atoms with van der Waals surface area (Å²) in [5, 5.41) is 3.45. The summed E-state index contributed by atoms with van der Waals surface area (Å²) < 4.78 is 5.41. The van der Waals surface area contributed by atoms with Crippen LogP contribution in [0.3, 0.4) is 0 Å². The van der Waals surface area contributed by atoms with Crippen LogP contribution in [0.1, 0.15) is 44.0 Å². The van der Waals surface area contributed by atoms with E-state index < -0.39 is 0 Å². The monoisotopic (exact) mass is 264 g/mol. The van der Waals surface area contributed by atoms with Crippen molar-refractivity contribution in [2.45, 2.75) is 45.1 Å². The molecular weight excluding hydrogens is 240 g/mol. The highest BCUT2D eigenvalue weighted by atomic mass is 16.5. The lowest BCUT2D eigenvalue weighted by Crippen LogP contribution is -2.50. The fourth-order valence-corrected chi connectivity index (χ4v) is 2.32. The molecule has 0 radical (unpaired) electrons. The van der Waals surface area contributed by atoms with Gasteiger partial charge in [-0.25, -0.2) is 9.97 Å². The number of hydrogen-bond acceptors (Lipinski definition) is 5. The Morgan fingerprint density at radius 1 is 1.37 bits per heavy atom. The third-order valence-corrected chi connectivity index (χ3v) is 3.68. The lowest BCUT2D eigenvalue weighted by atomic mass is 9.90. The standard InChI is InChI=1S/C14H24N4O/c1-10(2)12-8-11(3)16-13(17-12)18-14(9-15)4-6-19-7-5-14/h8,10H,4-7,9,15H2,1-3H3,(H,16,17,18). The van der Waals surface area contributed by atoms with Crippen molar-refractivity contribution >= 4 is 5.95 Å². The molecular formula is C14H24N4O. The van der Waals surface area contributed by atoms with E-state index in [0.717, 1.165) is 37.4 Å². The number of aromatic nitrogens is 2. The van der Waals surface area contributed by atoms with E-state index >= 15 is 0 Å². The van der Waals surface area contributed by atoms with Crippen LogP contribution in [0.25, 0.3) is 0 Å². The van der Waals surface area contributed by atoms with Gasteiger partial charge in [0.25, 0.3) is 0 Å². The van der Waals surface area contributed by atoms with Gasteiger partial charge in [-0.05, 0) is 31.7 Å². The fourth-order valence-electron chi connectivity index (χ4n) is 2.32. The van der Waals surface area contributed by atoms with E-state index in [0.29, 0.717) is 18.4 Å². The van der Waals surface area contributed by atoms with Gasteiger partial charge in [0.05, 0.1) is 5.54 Å². The van der Waals surface area contributed by atoms with Gasteiger partial charge in [0.2, 0.25) is 5.95 Å². The molecule has 2 heterocycles. The molecule has 3 N–H and O–H groups in total.